The Labute approximate surface area is 164 Å². The molecule has 0 fully saturated rings. The maximum Gasteiger partial charge on any atom is 0.285 e. The fraction of sp³-hybridized carbons (Fsp3) is 0.0588. The average molecular weight is 428 g/mol. The molecule has 3 rings (SSSR count). The number of aromatic nitrogens is 2. The Balaban J connectivity index is 1.95. The molecule has 0 bridgehead atoms. The number of nitrogens with zero attached hydrogens (tertiary/aromatic N) is 2. The van der Waals surface area contributed by atoms with Crippen molar-refractivity contribution in [2.45, 2.75) is 4.90 Å². The summed E-state index contributed by atoms with van der Waals surface area (Å²) in [6.45, 7) is 0. The molecule has 0 aliphatic heterocycles. The van der Waals surface area contributed by atoms with Gasteiger partial charge in [-0.25, -0.2) is 22.5 Å². The van der Waals surface area contributed by atoms with Crippen LogP contribution in [0, 0.1) is 5.82 Å². The Morgan fingerprint density at radius 2 is 1.78 bits per heavy atom. The first-order valence-electron chi connectivity index (χ1n) is 7.50. The topological polar surface area (TPSA) is 81.1 Å². The van der Waals surface area contributed by atoms with Crippen LogP contribution in [-0.4, -0.2) is 23.9 Å². The Morgan fingerprint density at radius 3 is 2.44 bits per heavy atom. The lowest BCUT2D eigenvalue weighted by Gasteiger charge is -2.07. The van der Waals surface area contributed by atoms with E-state index in [4.69, 9.17) is 23.2 Å². The van der Waals surface area contributed by atoms with Gasteiger partial charge in [0.2, 0.25) is 0 Å². The van der Waals surface area contributed by atoms with Gasteiger partial charge in [-0.05, 0) is 24.3 Å². The number of carbonyl (C=O) groups excluding carboxylic acids is 1. The van der Waals surface area contributed by atoms with E-state index in [2.05, 4.69) is 4.98 Å². The van der Waals surface area contributed by atoms with Crippen LogP contribution in [0.1, 0.15) is 10.5 Å². The third-order valence-electron chi connectivity index (χ3n) is 3.65. The van der Waals surface area contributed by atoms with Gasteiger partial charge in [-0.3, -0.25) is 4.79 Å². The molecular formula is C17H12Cl2FN3O3S. The Bertz CT molecular complexity index is 1130. The quantitative estimate of drug-likeness (QED) is 0.688. The summed E-state index contributed by atoms with van der Waals surface area (Å²) in [5.74, 6) is -1.52. The number of hydrogen-bond donors (Lipinski definition) is 1. The molecule has 1 amide bonds. The maximum absolute atomic E-state index is 14.1. The van der Waals surface area contributed by atoms with Crippen molar-refractivity contribution in [3.8, 4) is 11.4 Å². The number of halogens is 3. The van der Waals surface area contributed by atoms with Crippen molar-refractivity contribution >= 4 is 39.1 Å². The second-order valence-corrected chi connectivity index (χ2v) is 7.99. The minimum atomic E-state index is -4.20. The molecule has 1 heterocycles. The van der Waals surface area contributed by atoms with Gasteiger partial charge in [-0.1, -0.05) is 41.4 Å². The third kappa shape index (κ3) is 3.83. The number of aryl methyl sites for hydroxylation is 1. The van der Waals surface area contributed by atoms with E-state index < -0.39 is 21.7 Å². The highest BCUT2D eigenvalue weighted by Crippen LogP contribution is 2.29. The number of rotatable bonds is 4. The van der Waals surface area contributed by atoms with Crippen molar-refractivity contribution in [1.82, 2.24) is 14.3 Å². The predicted octanol–water partition coefficient (Wildman–Crippen LogP) is 3.65. The van der Waals surface area contributed by atoms with Crippen molar-refractivity contribution in [2.24, 2.45) is 7.05 Å². The molecule has 0 saturated carbocycles. The summed E-state index contributed by atoms with van der Waals surface area (Å²) in [7, 11) is -2.67. The zero-order chi connectivity index (χ0) is 19.8. The predicted molar refractivity (Wildman–Crippen MR) is 99.7 cm³/mol. The molecule has 1 aromatic heterocycles. The van der Waals surface area contributed by atoms with Crippen LogP contribution in [-0.2, 0) is 17.1 Å². The van der Waals surface area contributed by atoms with Crippen molar-refractivity contribution < 1.29 is 17.6 Å². The molecule has 10 heteroatoms. The van der Waals surface area contributed by atoms with Gasteiger partial charge in [0.15, 0.2) is 0 Å². The molecule has 0 spiro atoms. The maximum atomic E-state index is 14.1. The fourth-order valence-corrected chi connectivity index (χ4v) is 4.14. The first-order chi connectivity index (χ1) is 12.7. The van der Waals surface area contributed by atoms with Crippen LogP contribution < -0.4 is 4.72 Å². The van der Waals surface area contributed by atoms with Gasteiger partial charge < -0.3 is 4.57 Å². The van der Waals surface area contributed by atoms with Crippen LogP contribution in [0.15, 0.2) is 53.6 Å². The Hall–Kier alpha value is -2.42. The molecule has 1 N–H and O–H groups in total. The Kier molecular flexibility index (Phi) is 5.23. The molecule has 0 atom stereocenters. The van der Waals surface area contributed by atoms with Gasteiger partial charge in [-0.15, -0.1) is 0 Å². The van der Waals surface area contributed by atoms with E-state index in [1.807, 2.05) is 4.72 Å². The van der Waals surface area contributed by atoms with E-state index in [1.165, 1.54) is 54.2 Å². The van der Waals surface area contributed by atoms with Gasteiger partial charge in [0, 0.05) is 13.2 Å². The van der Waals surface area contributed by atoms with Gasteiger partial charge in [-0.2, -0.15) is 0 Å². The lowest BCUT2D eigenvalue weighted by Crippen LogP contribution is -2.31. The molecule has 27 heavy (non-hydrogen) atoms. The molecule has 0 saturated heterocycles. The van der Waals surface area contributed by atoms with Gasteiger partial charge in [0.25, 0.3) is 15.9 Å². The van der Waals surface area contributed by atoms with Gasteiger partial charge in [0.05, 0.1) is 15.6 Å². The smallest absolute Gasteiger partial charge is 0.285 e. The van der Waals surface area contributed by atoms with Crippen LogP contribution in [0.5, 0.6) is 0 Å². The molecule has 6 nitrogen and oxygen atoms in total. The first-order valence-corrected chi connectivity index (χ1v) is 9.74. The standard InChI is InChI=1S/C17H12Cl2FN3O3S/c1-23-9-13(21-16(23)15-11(19)6-4-7-12(15)20)17(24)22-27(25,26)14-8-3-2-5-10(14)18/h2-9H,1H3,(H,22,24). The summed E-state index contributed by atoms with van der Waals surface area (Å²) in [5, 5.41) is 0.0806. The molecule has 3 aromatic rings. The van der Waals surface area contributed by atoms with E-state index in [9.17, 15) is 17.6 Å². The minimum Gasteiger partial charge on any atom is -0.333 e. The monoisotopic (exact) mass is 427 g/mol. The van der Waals surface area contributed by atoms with Crippen molar-refractivity contribution in [1.29, 1.82) is 0 Å². The van der Waals surface area contributed by atoms with E-state index in [0.29, 0.717) is 0 Å². The summed E-state index contributed by atoms with van der Waals surface area (Å²) in [6, 6.07) is 9.82. The molecule has 0 aliphatic carbocycles. The fourth-order valence-electron chi connectivity index (χ4n) is 2.41. The summed E-state index contributed by atoms with van der Waals surface area (Å²) < 4.78 is 42.1. The molecular weight excluding hydrogens is 416 g/mol. The Morgan fingerprint density at radius 1 is 1.11 bits per heavy atom. The number of sulfonamides is 1. The average Bonchev–Trinajstić information content (AvgIpc) is 2.96. The second kappa shape index (κ2) is 7.30. The molecule has 0 aliphatic rings. The summed E-state index contributed by atoms with van der Waals surface area (Å²) in [4.78, 5) is 16.2. The number of carbonyl (C=O) groups is 1. The van der Waals surface area contributed by atoms with Crippen LogP contribution in [0.4, 0.5) is 4.39 Å². The second-order valence-electron chi connectivity index (χ2n) is 5.52. The lowest BCUT2D eigenvalue weighted by atomic mass is 10.2. The molecule has 140 valence electrons. The molecule has 0 radical (unpaired) electrons. The van der Waals surface area contributed by atoms with Crippen LogP contribution in [0.25, 0.3) is 11.4 Å². The highest BCUT2D eigenvalue weighted by atomic mass is 35.5. The minimum absolute atomic E-state index is 0.00896. The third-order valence-corrected chi connectivity index (χ3v) is 5.79. The van der Waals surface area contributed by atoms with Crippen LogP contribution in [0.2, 0.25) is 10.0 Å². The number of imidazole rings is 1. The number of benzene rings is 2. The van der Waals surface area contributed by atoms with E-state index in [0.717, 1.165) is 0 Å². The summed E-state index contributed by atoms with van der Waals surface area (Å²) in [6.07, 6.45) is 1.27. The van der Waals surface area contributed by atoms with Gasteiger partial charge >= 0.3 is 0 Å². The molecule has 0 unspecified atom stereocenters. The zero-order valence-electron chi connectivity index (χ0n) is 13.8. The molecule has 2 aromatic carbocycles. The largest absolute Gasteiger partial charge is 0.333 e. The van der Waals surface area contributed by atoms with Crippen LogP contribution in [0.3, 0.4) is 0 Å². The van der Waals surface area contributed by atoms with E-state index in [1.54, 1.807) is 6.07 Å². The van der Waals surface area contributed by atoms with E-state index >= 15 is 0 Å². The van der Waals surface area contributed by atoms with Crippen molar-refractivity contribution in [2.75, 3.05) is 0 Å². The highest BCUT2D eigenvalue weighted by Gasteiger charge is 2.24. The number of amides is 1. The summed E-state index contributed by atoms with van der Waals surface area (Å²) in [5.41, 5.74) is -0.211. The zero-order valence-corrected chi connectivity index (χ0v) is 16.1. The summed E-state index contributed by atoms with van der Waals surface area (Å²) >= 11 is 11.9. The number of nitrogens with one attached hydrogen (secondary N) is 1. The van der Waals surface area contributed by atoms with Crippen molar-refractivity contribution in [3.63, 3.8) is 0 Å². The number of hydrogen-bond acceptors (Lipinski definition) is 4. The highest BCUT2D eigenvalue weighted by molar-refractivity contribution is 7.90. The first kappa shape index (κ1) is 19.3. The van der Waals surface area contributed by atoms with Crippen molar-refractivity contribution in [3.05, 3.63) is 70.2 Å². The van der Waals surface area contributed by atoms with Gasteiger partial charge in [0.1, 0.15) is 22.2 Å². The van der Waals surface area contributed by atoms with E-state index in [-0.39, 0.29) is 32.0 Å². The lowest BCUT2D eigenvalue weighted by molar-refractivity contribution is 0.0977. The SMILES string of the molecule is Cn1cc(C(=O)NS(=O)(=O)c2ccccc2Cl)nc1-c1c(F)cccc1Cl. The normalized spacial score (nSPS) is 11.4. The van der Waals surface area contributed by atoms with Crippen LogP contribution >= 0.6 is 23.2 Å².